The Hall–Kier alpha value is -1.11. The van der Waals surface area contributed by atoms with Gasteiger partial charge >= 0.3 is 6.18 Å². The van der Waals surface area contributed by atoms with E-state index in [9.17, 15) is 13.2 Å². The van der Waals surface area contributed by atoms with Crippen LogP contribution < -0.4 is 0 Å². The van der Waals surface area contributed by atoms with Crippen molar-refractivity contribution >= 4 is 0 Å². The molecule has 0 aromatic carbocycles. The fraction of sp³-hybridized carbons (Fsp3) is 0.818. The Morgan fingerprint density at radius 2 is 1.89 bits per heavy atom. The van der Waals surface area contributed by atoms with Crippen molar-refractivity contribution in [1.29, 1.82) is 0 Å². The number of aliphatic hydroxyl groups is 1. The van der Waals surface area contributed by atoms with Crippen LogP contribution in [0, 0.1) is 5.41 Å². The lowest BCUT2D eigenvalue weighted by Crippen LogP contribution is -2.30. The van der Waals surface area contributed by atoms with Gasteiger partial charge in [-0.15, -0.1) is 0 Å². The topological polar surface area (TPSA) is 59.2 Å². The second-order valence-electron chi connectivity index (χ2n) is 5.43. The van der Waals surface area contributed by atoms with Crippen LogP contribution in [0.4, 0.5) is 13.2 Å². The molecule has 1 N–H and O–H groups in total. The lowest BCUT2D eigenvalue weighted by molar-refractivity contribution is -0.204. The molecular formula is C11H17F3N2O2. The molecule has 0 aliphatic heterocycles. The Morgan fingerprint density at radius 1 is 1.28 bits per heavy atom. The van der Waals surface area contributed by atoms with Gasteiger partial charge in [-0.1, -0.05) is 25.9 Å². The lowest BCUT2D eigenvalue weighted by Gasteiger charge is -2.15. The molecule has 0 bridgehead atoms. The Kier molecular flexibility index (Phi) is 4.37. The van der Waals surface area contributed by atoms with Gasteiger partial charge in [-0.3, -0.25) is 0 Å². The van der Waals surface area contributed by atoms with Gasteiger partial charge in [0.2, 0.25) is 5.89 Å². The van der Waals surface area contributed by atoms with Gasteiger partial charge in [-0.05, 0) is 11.8 Å². The maximum Gasteiger partial charge on any atom is 0.414 e. The minimum atomic E-state index is -4.67. The van der Waals surface area contributed by atoms with Gasteiger partial charge in [0.05, 0.1) is 6.42 Å². The average Bonchev–Trinajstić information content (AvgIpc) is 2.60. The first-order valence-corrected chi connectivity index (χ1v) is 5.64. The quantitative estimate of drug-likeness (QED) is 0.909. The van der Waals surface area contributed by atoms with Gasteiger partial charge in [-0.25, -0.2) is 0 Å². The first kappa shape index (κ1) is 14.9. The minimum absolute atomic E-state index is 0.0896. The van der Waals surface area contributed by atoms with Gasteiger partial charge in [0.25, 0.3) is 0 Å². The predicted octanol–water partition coefficient (Wildman–Crippen LogP) is 2.51. The largest absolute Gasteiger partial charge is 0.414 e. The van der Waals surface area contributed by atoms with Crippen LogP contribution in [0.1, 0.15) is 38.9 Å². The second kappa shape index (κ2) is 5.26. The number of alkyl halides is 3. The molecule has 0 aliphatic rings. The van der Waals surface area contributed by atoms with Crippen molar-refractivity contribution in [3.8, 4) is 0 Å². The molecule has 1 unspecified atom stereocenters. The summed E-state index contributed by atoms with van der Waals surface area (Å²) in [6, 6.07) is 0. The number of nitrogens with zero attached hydrogens (tertiary/aromatic N) is 2. The normalized spacial score (nSPS) is 14.8. The van der Waals surface area contributed by atoms with Crippen LogP contribution >= 0.6 is 0 Å². The summed E-state index contributed by atoms with van der Waals surface area (Å²) in [6.45, 7) is 6.13. The zero-order valence-corrected chi connectivity index (χ0v) is 10.6. The molecule has 0 fully saturated rings. The van der Waals surface area contributed by atoms with Gasteiger partial charge in [0, 0.05) is 6.42 Å². The first-order chi connectivity index (χ1) is 8.08. The van der Waals surface area contributed by atoms with Crippen LogP contribution in [0.5, 0.6) is 0 Å². The van der Waals surface area contributed by atoms with Crippen molar-refractivity contribution < 1.29 is 22.8 Å². The fourth-order valence-electron chi connectivity index (χ4n) is 1.24. The summed E-state index contributed by atoms with van der Waals surface area (Å²) in [5, 5.41) is 12.4. The molecular weight excluding hydrogens is 249 g/mol. The summed E-state index contributed by atoms with van der Waals surface area (Å²) in [5.41, 5.74) is 0.0896. The molecule has 4 nitrogen and oxygen atoms in total. The smallest absolute Gasteiger partial charge is 0.383 e. The molecule has 0 saturated heterocycles. The van der Waals surface area contributed by atoms with Gasteiger partial charge in [0.1, 0.15) is 0 Å². The second-order valence-corrected chi connectivity index (χ2v) is 5.43. The SMILES string of the molecule is CC(C)(C)CCc1noc(CC(O)C(F)(F)F)n1. The Morgan fingerprint density at radius 3 is 2.39 bits per heavy atom. The molecule has 1 atom stereocenters. The average molecular weight is 266 g/mol. The molecule has 7 heteroatoms. The summed E-state index contributed by atoms with van der Waals surface area (Å²) in [7, 11) is 0. The molecule has 0 aliphatic carbocycles. The first-order valence-electron chi connectivity index (χ1n) is 5.64. The van der Waals surface area contributed by atoms with Crippen LogP contribution in [0.3, 0.4) is 0 Å². The van der Waals surface area contributed by atoms with E-state index in [-0.39, 0.29) is 11.3 Å². The number of aryl methyl sites for hydroxylation is 1. The van der Waals surface area contributed by atoms with E-state index in [1.165, 1.54) is 0 Å². The van der Waals surface area contributed by atoms with Crippen LogP contribution in [-0.2, 0) is 12.8 Å². The maximum absolute atomic E-state index is 12.1. The molecule has 1 aromatic heterocycles. The highest BCUT2D eigenvalue weighted by Crippen LogP contribution is 2.23. The number of halogens is 3. The van der Waals surface area contributed by atoms with Crippen molar-refractivity contribution in [3.63, 3.8) is 0 Å². The number of hydrogen-bond acceptors (Lipinski definition) is 4. The third-order valence-electron chi connectivity index (χ3n) is 2.35. The van der Waals surface area contributed by atoms with Crippen LogP contribution in [0.15, 0.2) is 4.52 Å². The van der Waals surface area contributed by atoms with E-state index in [0.29, 0.717) is 12.2 Å². The molecule has 1 aromatic rings. The third kappa shape index (κ3) is 5.03. The summed E-state index contributed by atoms with van der Waals surface area (Å²) >= 11 is 0. The zero-order valence-electron chi connectivity index (χ0n) is 10.6. The molecule has 0 saturated carbocycles. The van der Waals surface area contributed by atoms with E-state index < -0.39 is 18.7 Å². The Labute approximate surface area is 103 Å². The van der Waals surface area contributed by atoms with Gasteiger partial charge < -0.3 is 9.63 Å². The molecule has 1 rings (SSSR count). The van der Waals surface area contributed by atoms with Crippen molar-refractivity contribution in [2.24, 2.45) is 5.41 Å². The summed E-state index contributed by atoms with van der Waals surface area (Å²) in [5.74, 6) is 0.179. The minimum Gasteiger partial charge on any atom is -0.383 e. The number of hydrogen-bond donors (Lipinski definition) is 1. The van der Waals surface area contributed by atoms with Crippen molar-refractivity contribution in [3.05, 3.63) is 11.7 Å². The lowest BCUT2D eigenvalue weighted by atomic mass is 9.90. The Balaban J connectivity index is 2.54. The predicted molar refractivity (Wildman–Crippen MR) is 57.8 cm³/mol. The summed E-state index contributed by atoms with van der Waals surface area (Å²) in [4.78, 5) is 3.83. The number of aromatic nitrogens is 2. The van der Waals surface area contributed by atoms with Gasteiger partial charge in [-0.2, -0.15) is 18.2 Å². The van der Waals surface area contributed by atoms with E-state index in [1.807, 2.05) is 20.8 Å². The van der Waals surface area contributed by atoms with Gasteiger partial charge in [0.15, 0.2) is 11.9 Å². The van der Waals surface area contributed by atoms with Crippen molar-refractivity contribution in [1.82, 2.24) is 10.1 Å². The van der Waals surface area contributed by atoms with Crippen LogP contribution in [0.2, 0.25) is 0 Å². The monoisotopic (exact) mass is 266 g/mol. The number of aliphatic hydroxyl groups excluding tert-OH is 1. The third-order valence-corrected chi connectivity index (χ3v) is 2.35. The van der Waals surface area contributed by atoms with Crippen LogP contribution in [0.25, 0.3) is 0 Å². The van der Waals surface area contributed by atoms with E-state index in [1.54, 1.807) is 0 Å². The molecule has 1 heterocycles. The van der Waals surface area contributed by atoms with E-state index in [0.717, 1.165) is 6.42 Å². The summed E-state index contributed by atoms with van der Waals surface area (Å²) < 4.78 is 41.0. The van der Waals surface area contributed by atoms with E-state index >= 15 is 0 Å². The molecule has 0 radical (unpaired) electrons. The summed E-state index contributed by atoms with van der Waals surface area (Å²) in [6.07, 6.45) is -6.50. The Bertz CT molecular complexity index is 382. The number of rotatable bonds is 4. The molecule has 18 heavy (non-hydrogen) atoms. The zero-order chi connectivity index (χ0) is 14.0. The van der Waals surface area contributed by atoms with Crippen molar-refractivity contribution in [2.75, 3.05) is 0 Å². The highest BCUT2D eigenvalue weighted by atomic mass is 19.4. The fourth-order valence-corrected chi connectivity index (χ4v) is 1.24. The molecule has 0 amide bonds. The van der Waals surface area contributed by atoms with E-state index in [4.69, 9.17) is 5.11 Å². The highest BCUT2D eigenvalue weighted by Gasteiger charge is 2.39. The molecule has 0 spiro atoms. The van der Waals surface area contributed by atoms with Crippen LogP contribution in [-0.4, -0.2) is 27.5 Å². The van der Waals surface area contributed by atoms with E-state index in [2.05, 4.69) is 14.7 Å². The van der Waals surface area contributed by atoms with Crippen molar-refractivity contribution in [2.45, 2.75) is 52.3 Å². The highest BCUT2D eigenvalue weighted by molar-refractivity contribution is 4.90. The molecule has 104 valence electrons. The standard InChI is InChI=1S/C11H17F3N2O2/c1-10(2,3)5-4-8-15-9(18-16-8)6-7(17)11(12,13)14/h7,17H,4-6H2,1-3H3. The maximum atomic E-state index is 12.1.